The van der Waals surface area contributed by atoms with Crippen molar-refractivity contribution in [2.45, 2.75) is 12.8 Å². The van der Waals surface area contributed by atoms with Crippen LogP contribution in [0.15, 0.2) is 42.5 Å². The zero-order chi connectivity index (χ0) is 18.7. The van der Waals surface area contributed by atoms with Crippen LogP contribution < -0.4 is 10.2 Å². The van der Waals surface area contributed by atoms with Crippen molar-refractivity contribution < 1.29 is 9.72 Å². The fourth-order valence-electron chi connectivity index (χ4n) is 3.05. The molecule has 2 aromatic rings. The maximum atomic E-state index is 12.5. The summed E-state index contributed by atoms with van der Waals surface area (Å²) in [6, 6.07) is 11.9. The smallest absolute Gasteiger partial charge is 0.289 e. The van der Waals surface area contributed by atoms with E-state index in [0.29, 0.717) is 23.6 Å². The minimum atomic E-state index is -0.568. The molecule has 136 valence electrons. The second-order valence-corrected chi connectivity index (χ2v) is 7.00. The molecule has 26 heavy (non-hydrogen) atoms. The average molecular weight is 394 g/mol. The third-order valence-electron chi connectivity index (χ3n) is 4.45. The third-order valence-corrected chi connectivity index (χ3v) is 5.00. The van der Waals surface area contributed by atoms with Crippen LogP contribution in [0.25, 0.3) is 0 Å². The monoisotopic (exact) mass is 393 g/mol. The first-order valence-corrected chi connectivity index (χ1v) is 8.95. The number of carbonyl (C=O) groups excluding carboxylic acids is 1. The molecule has 1 saturated heterocycles. The number of rotatable bonds is 4. The number of anilines is 2. The van der Waals surface area contributed by atoms with E-state index in [0.717, 1.165) is 18.8 Å². The summed E-state index contributed by atoms with van der Waals surface area (Å²) >= 11 is 11.8. The average Bonchev–Trinajstić information content (AvgIpc) is 2.63. The van der Waals surface area contributed by atoms with Gasteiger partial charge >= 0.3 is 0 Å². The Morgan fingerprint density at radius 3 is 2.54 bits per heavy atom. The predicted octanol–water partition coefficient (Wildman–Crippen LogP) is 4.76. The summed E-state index contributed by atoms with van der Waals surface area (Å²) in [5, 5.41) is 14.4. The van der Waals surface area contributed by atoms with Gasteiger partial charge in [0.2, 0.25) is 5.91 Å². The van der Waals surface area contributed by atoms with Crippen LogP contribution in [0.1, 0.15) is 12.8 Å². The molecule has 2 aromatic carbocycles. The second kappa shape index (κ2) is 7.93. The van der Waals surface area contributed by atoms with Gasteiger partial charge in [0.25, 0.3) is 5.69 Å². The number of piperidine rings is 1. The van der Waals surface area contributed by atoms with Gasteiger partial charge < -0.3 is 10.2 Å². The molecule has 0 aliphatic carbocycles. The Balaban J connectivity index is 1.60. The third kappa shape index (κ3) is 4.26. The standard InChI is InChI=1S/C18H17Cl2N3O3/c19-13-2-1-3-15(10-13)22-8-6-12(7-9-22)18(24)21-14-4-5-16(20)17(11-14)23(25)26/h1-5,10-12H,6-9H2,(H,21,24). The molecule has 1 aliphatic heterocycles. The Labute approximate surface area is 160 Å². The highest BCUT2D eigenvalue weighted by molar-refractivity contribution is 6.32. The van der Waals surface area contributed by atoms with E-state index >= 15 is 0 Å². The Hall–Kier alpha value is -2.31. The quantitative estimate of drug-likeness (QED) is 0.600. The highest BCUT2D eigenvalue weighted by atomic mass is 35.5. The van der Waals surface area contributed by atoms with Crippen LogP contribution in [0.5, 0.6) is 0 Å². The van der Waals surface area contributed by atoms with Crippen molar-refractivity contribution in [1.29, 1.82) is 0 Å². The maximum Gasteiger partial charge on any atom is 0.289 e. The van der Waals surface area contributed by atoms with Crippen LogP contribution in [0.4, 0.5) is 17.1 Å². The zero-order valence-corrected chi connectivity index (χ0v) is 15.3. The summed E-state index contributed by atoms with van der Waals surface area (Å²) in [5.41, 5.74) is 1.20. The number of amides is 1. The molecule has 1 amide bonds. The van der Waals surface area contributed by atoms with Crippen molar-refractivity contribution in [2.24, 2.45) is 5.92 Å². The molecule has 0 spiro atoms. The molecule has 1 aliphatic rings. The summed E-state index contributed by atoms with van der Waals surface area (Å²) in [4.78, 5) is 25.1. The number of benzene rings is 2. The number of halogens is 2. The number of nitrogens with zero attached hydrogens (tertiary/aromatic N) is 2. The first-order chi connectivity index (χ1) is 12.4. The Morgan fingerprint density at radius 1 is 1.15 bits per heavy atom. The van der Waals surface area contributed by atoms with Gasteiger partial charge in [0.1, 0.15) is 5.02 Å². The SMILES string of the molecule is O=C(Nc1ccc(Cl)c([N+](=O)[O-])c1)C1CCN(c2cccc(Cl)c2)CC1. The molecule has 0 saturated carbocycles. The van der Waals surface area contributed by atoms with E-state index in [1.54, 1.807) is 6.07 Å². The van der Waals surface area contributed by atoms with E-state index in [1.165, 1.54) is 12.1 Å². The van der Waals surface area contributed by atoms with Gasteiger partial charge in [-0.25, -0.2) is 0 Å². The lowest BCUT2D eigenvalue weighted by Gasteiger charge is -2.33. The summed E-state index contributed by atoms with van der Waals surface area (Å²) in [5.74, 6) is -0.271. The molecule has 0 unspecified atom stereocenters. The lowest BCUT2D eigenvalue weighted by Crippen LogP contribution is -2.38. The fraction of sp³-hybridized carbons (Fsp3) is 0.278. The molecular formula is C18H17Cl2N3O3. The molecular weight excluding hydrogens is 377 g/mol. The molecule has 0 radical (unpaired) electrons. The largest absolute Gasteiger partial charge is 0.371 e. The van der Waals surface area contributed by atoms with Crippen LogP contribution in [0.3, 0.4) is 0 Å². The number of carbonyl (C=O) groups is 1. The molecule has 3 rings (SSSR count). The Bertz CT molecular complexity index is 836. The molecule has 8 heteroatoms. The molecule has 0 bridgehead atoms. The first-order valence-electron chi connectivity index (χ1n) is 8.19. The van der Waals surface area contributed by atoms with Gasteiger partial charge in [-0.05, 0) is 43.2 Å². The minimum Gasteiger partial charge on any atom is -0.371 e. The highest BCUT2D eigenvalue weighted by Crippen LogP contribution is 2.29. The van der Waals surface area contributed by atoms with E-state index in [9.17, 15) is 14.9 Å². The van der Waals surface area contributed by atoms with Crippen molar-refractivity contribution in [2.75, 3.05) is 23.3 Å². The number of nitrogens with one attached hydrogen (secondary N) is 1. The van der Waals surface area contributed by atoms with Gasteiger partial charge in [0.15, 0.2) is 0 Å². The highest BCUT2D eigenvalue weighted by Gasteiger charge is 2.26. The van der Waals surface area contributed by atoms with Crippen molar-refractivity contribution in [3.8, 4) is 0 Å². The first kappa shape index (κ1) is 18.5. The van der Waals surface area contributed by atoms with E-state index < -0.39 is 4.92 Å². The second-order valence-electron chi connectivity index (χ2n) is 6.15. The minimum absolute atomic E-state index is 0.0443. The number of nitro groups is 1. The maximum absolute atomic E-state index is 12.5. The van der Waals surface area contributed by atoms with E-state index in [2.05, 4.69) is 10.2 Å². The normalized spacial score (nSPS) is 14.9. The van der Waals surface area contributed by atoms with Crippen LogP contribution in [0.2, 0.25) is 10.0 Å². The summed E-state index contributed by atoms with van der Waals surface area (Å²) in [6.45, 7) is 1.50. The van der Waals surface area contributed by atoms with Gasteiger partial charge in [-0.3, -0.25) is 14.9 Å². The fourth-order valence-corrected chi connectivity index (χ4v) is 3.42. The molecule has 1 heterocycles. The number of hydrogen-bond acceptors (Lipinski definition) is 4. The summed E-state index contributed by atoms with van der Waals surface area (Å²) in [7, 11) is 0. The molecule has 0 aromatic heterocycles. The van der Waals surface area contributed by atoms with Gasteiger partial charge in [0, 0.05) is 41.5 Å². The van der Waals surface area contributed by atoms with Crippen LogP contribution in [-0.2, 0) is 4.79 Å². The van der Waals surface area contributed by atoms with E-state index in [4.69, 9.17) is 23.2 Å². The number of hydrogen-bond donors (Lipinski definition) is 1. The lowest BCUT2D eigenvalue weighted by atomic mass is 9.95. The van der Waals surface area contributed by atoms with Crippen LogP contribution >= 0.6 is 23.2 Å². The van der Waals surface area contributed by atoms with E-state index in [-0.39, 0.29) is 22.5 Å². The Morgan fingerprint density at radius 2 is 1.88 bits per heavy atom. The Kier molecular flexibility index (Phi) is 5.64. The van der Waals surface area contributed by atoms with Crippen molar-refractivity contribution >= 4 is 46.2 Å². The van der Waals surface area contributed by atoms with Crippen molar-refractivity contribution in [1.82, 2.24) is 0 Å². The van der Waals surface area contributed by atoms with E-state index in [1.807, 2.05) is 24.3 Å². The summed E-state index contributed by atoms with van der Waals surface area (Å²) in [6.07, 6.45) is 1.40. The topological polar surface area (TPSA) is 75.5 Å². The van der Waals surface area contributed by atoms with Crippen LogP contribution in [0, 0.1) is 16.0 Å². The van der Waals surface area contributed by atoms with Crippen molar-refractivity contribution in [3.05, 3.63) is 62.6 Å². The molecule has 6 nitrogen and oxygen atoms in total. The molecule has 0 atom stereocenters. The predicted molar refractivity (Wildman–Crippen MR) is 103 cm³/mol. The van der Waals surface area contributed by atoms with Gasteiger partial charge in [-0.15, -0.1) is 0 Å². The zero-order valence-electron chi connectivity index (χ0n) is 13.8. The van der Waals surface area contributed by atoms with Gasteiger partial charge in [0.05, 0.1) is 4.92 Å². The molecule has 1 N–H and O–H groups in total. The summed E-state index contributed by atoms with van der Waals surface area (Å²) < 4.78 is 0. The van der Waals surface area contributed by atoms with Gasteiger partial charge in [-0.1, -0.05) is 29.3 Å². The lowest BCUT2D eigenvalue weighted by molar-refractivity contribution is -0.384. The van der Waals surface area contributed by atoms with Crippen LogP contribution in [-0.4, -0.2) is 23.9 Å². The van der Waals surface area contributed by atoms with Gasteiger partial charge in [-0.2, -0.15) is 0 Å². The molecule has 1 fully saturated rings. The number of nitro benzene ring substituents is 1. The van der Waals surface area contributed by atoms with Crippen molar-refractivity contribution in [3.63, 3.8) is 0 Å².